The van der Waals surface area contributed by atoms with Crippen LogP contribution < -0.4 is 0 Å². The van der Waals surface area contributed by atoms with Crippen LogP contribution in [0.5, 0.6) is 0 Å². The number of aromatic nitrogens is 1. The number of para-hydroxylation sites is 1. The van der Waals surface area contributed by atoms with Gasteiger partial charge in [0.15, 0.2) is 0 Å². The van der Waals surface area contributed by atoms with Gasteiger partial charge in [0.2, 0.25) is 0 Å². The second-order valence-corrected chi connectivity index (χ2v) is 5.31. The zero-order chi connectivity index (χ0) is 14.3. The molecule has 3 aromatic rings. The van der Waals surface area contributed by atoms with Gasteiger partial charge in [0.1, 0.15) is 0 Å². The summed E-state index contributed by atoms with van der Waals surface area (Å²) in [5, 5.41) is 1.75. The Labute approximate surface area is 122 Å². The minimum atomic E-state index is -0.0246. The van der Waals surface area contributed by atoms with Gasteiger partial charge in [0.05, 0.1) is 5.52 Å². The first-order chi connectivity index (χ1) is 9.59. The van der Waals surface area contributed by atoms with Crippen molar-refractivity contribution in [3.8, 4) is 0 Å². The number of rotatable bonds is 1. The summed E-state index contributed by atoms with van der Waals surface area (Å²) in [6.45, 7) is 4.02. The van der Waals surface area contributed by atoms with Crippen molar-refractivity contribution in [2.24, 2.45) is 0 Å². The summed E-state index contributed by atoms with van der Waals surface area (Å²) >= 11 is 5.87. The van der Waals surface area contributed by atoms with E-state index >= 15 is 0 Å². The standard InChI is InChI=1S/C17H14ClNO/c1-11-12(2)19(16-6-4-3-5-15(11)16)17(20)13-7-9-14(18)10-8-13/h3-10H,1-2H3. The number of aryl methyl sites for hydroxylation is 1. The first-order valence-corrected chi connectivity index (χ1v) is 6.84. The second-order valence-electron chi connectivity index (χ2n) is 4.88. The Morgan fingerprint density at radius 1 is 1.00 bits per heavy atom. The number of hydrogen-bond donors (Lipinski definition) is 0. The maximum atomic E-state index is 12.7. The highest BCUT2D eigenvalue weighted by Crippen LogP contribution is 2.26. The minimum Gasteiger partial charge on any atom is -0.280 e. The summed E-state index contributed by atoms with van der Waals surface area (Å²) in [5.74, 6) is -0.0246. The summed E-state index contributed by atoms with van der Waals surface area (Å²) in [5.41, 5.74) is 3.70. The number of carbonyl (C=O) groups excluding carboxylic acids is 1. The van der Waals surface area contributed by atoms with E-state index < -0.39 is 0 Å². The van der Waals surface area contributed by atoms with Gasteiger partial charge in [0.25, 0.3) is 5.91 Å². The smallest absolute Gasteiger partial charge is 0.262 e. The van der Waals surface area contributed by atoms with Crippen LogP contribution in [0.3, 0.4) is 0 Å². The van der Waals surface area contributed by atoms with E-state index in [0.717, 1.165) is 22.2 Å². The molecule has 0 saturated carbocycles. The van der Waals surface area contributed by atoms with Crippen molar-refractivity contribution in [3.05, 3.63) is 70.4 Å². The number of hydrogen-bond acceptors (Lipinski definition) is 1. The first kappa shape index (κ1) is 12.9. The highest BCUT2D eigenvalue weighted by Gasteiger charge is 2.17. The Bertz CT molecular complexity index is 800. The van der Waals surface area contributed by atoms with Gasteiger partial charge in [0, 0.05) is 21.7 Å². The molecular formula is C17H14ClNO. The van der Waals surface area contributed by atoms with Crippen molar-refractivity contribution in [1.29, 1.82) is 0 Å². The molecule has 2 nitrogen and oxygen atoms in total. The van der Waals surface area contributed by atoms with E-state index in [2.05, 4.69) is 0 Å². The fourth-order valence-corrected chi connectivity index (χ4v) is 2.64. The molecule has 0 unspecified atom stereocenters. The summed E-state index contributed by atoms with van der Waals surface area (Å²) in [6, 6.07) is 15.0. The fraction of sp³-hybridized carbons (Fsp3) is 0.118. The number of nitrogens with zero attached hydrogens (tertiary/aromatic N) is 1. The normalized spacial score (nSPS) is 10.9. The van der Waals surface area contributed by atoms with Crippen molar-refractivity contribution < 1.29 is 4.79 Å². The van der Waals surface area contributed by atoms with Crippen molar-refractivity contribution in [3.63, 3.8) is 0 Å². The highest BCUT2D eigenvalue weighted by molar-refractivity contribution is 6.30. The van der Waals surface area contributed by atoms with E-state index in [9.17, 15) is 4.79 Å². The summed E-state index contributed by atoms with van der Waals surface area (Å²) < 4.78 is 1.77. The lowest BCUT2D eigenvalue weighted by Gasteiger charge is -2.07. The average Bonchev–Trinajstić information content (AvgIpc) is 2.72. The van der Waals surface area contributed by atoms with Gasteiger partial charge in [-0.3, -0.25) is 9.36 Å². The number of benzene rings is 2. The Hall–Kier alpha value is -2.06. The van der Waals surface area contributed by atoms with Crippen LogP contribution in [0.2, 0.25) is 5.02 Å². The monoisotopic (exact) mass is 283 g/mol. The van der Waals surface area contributed by atoms with Gasteiger partial charge >= 0.3 is 0 Å². The predicted molar refractivity (Wildman–Crippen MR) is 82.6 cm³/mol. The topological polar surface area (TPSA) is 22.0 Å². The molecule has 0 aliphatic carbocycles. The van der Waals surface area contributed by atoms with Crippen LogP contribution in [0, 0.1) is 13.8 Å². The minimum absolute atomic E-state index is 0.0246. The molecule has 0 aliphatic heterocycles. The molecule has 20 heavy (non-hydrogen) atoms. The summed E-state index contributed by atoms with van der Waals surface area (Å²) in [6.07, 6.45) is 0. The zero-order valence-electron chi connectivity index (χ0n) is 11.4. The molecule has 1 heterocycles. The maximum absolute atomic E-state index is 12.7. The molecule has 3 rings (SSSR count). The third-order valence-electron chi connectivity index (χ3n) is 3.72. The van der Waals surface area contributed by atoms with Gasteiger partial charge in [-0.25, -0.2) is 0 Å². The van der Waals surface area contributed by atoms with E-state index in [1.807, 2.05) is 38.1 Å². The van der Waals surface area contributed by atoms with E-state index in [0.29, 0.717) is 10.6 Å². The fourth-order valence-electron chi connectivity index (χ4n) is 2.51. The van der Waals surface area contributed by atoms with E-state index in [-0.39, 0.29) is 5.91 Å². The molecule has 3 heteroatoms. The third-order valence-corrected chi connectivity index (χ3v) is 3.97. The van der Waals surface area contributed by atoms with Crippen LogP contribution in [0.25, 0.3) is 10.9 Å². The Morgan fingerprint density at radius 2 is 1.65 bits per heavy atom. The van der Waals surface area contributed by atoms with E-state index in [4.69, 9.17) is 11.6 Å². The molecule has 0 fully saturated rings. The summed E-state index contributed by atoms with van der Waals surface area (Å²) in [4.78, 5) is 12.7. The molecule has 0 saturated heterocycles. The SMILES string of the molecule is Cc1c(C)n(C(=O)c2ccc(Cl)cc2)c2ccccc12. The highest BCUT2D eigenvalue weighted by atomic mass is 35.5. The molecule has 2 aromatic carbocycles. The Kier molecular flexibility index (Phi) is 3.11. The maximum Gasteiger partial charge on any atom is 0.262 e. The van der Waals surface area contributed by atoms with Crippen LogP contribution in [-0.4, -0.2) is 10.5 Å². The molecule has 1 aromatic heterocycles. The predicted octanol–water partition coefficient (Wildman–Crippen LogP) is 4.60. The Morgan fingerprint density at radius 3 is 2.35 bits per heavy atom. The zero-order valence-corrected chi connectivity index (χ0v) is 12.1. The molecule has 0 aliphatic rings. The molecule has 0 amide bonds. The van der Waals surface area contributed by atoms with Crippen molar-refractivity contribution in [1.82, 2.24) is 4.57 Å². The van der Waals surface area contributed by atoms with E-state index in [1.165, 1.54) is 0 Å². The van der Waals surface area contributed by atoms with Gasteiger partial charge < -0.3 is 0 Å². The lowest BCUT2D eigenvalue weighted by Crippen LogP contribution is -2.13. The lowest BCUT2D eigenvalue weighted by molar-refractivity contribution is 0.0963. The van der Waals surface area contributed by atoms with E-state index in [1.54, 1.807) is 28.8 Å². The summed E-state index contributed by atoms with van der Waals surface area (Å²) in [7, 11) is 0. The number of halogens is 1. The van der Waals surface area contributed by atoms with Crippen molar-refractivity contribution in [2.45, 2.75) is 13.8 Å². The van der Waals surface area contributed by atoms with Crippen molar-refractivity contribution in [2.75, 3.05) is 0 Å². The van der Waals surface area contributed by atoms with Gasteiger partial charge in [-0.15, -0.1) is 0 Å². The van der Waals surface area contributed by atoms with Crippen LogP contribution >= 0.6 is 11.6 Å². The molecular weight excluding hydrogens is 270 g/mol. The van der Waals surface area contributed by atoms with Gasteiger partial charge in [-0.05, 0) is 49.7 Å². The molecule has 0 spiro atoms. The second kappa shape index (κ2) is 4.80. The molecule has 0 atom stereocenters. The number of fused-ring (bicyclic) bond motifs is 1. The quantitative estimate of drug-likeness (QED) is 0.640. The molecule has 100 valence electrons. The first-order valence-electron chi connectivity index (χ1n) is 6.46. The van der Waals surface area contributed by atoms with Crippen LogP contribution in [0.4, 0.5) is 0 Å². The number of carbonyl (C=O) groups is 1. The molecule has 0 bridgehead atoms. The van der Waals surface area contributed by atoms with Crippen LogP contribution in [0.1, 0.15) is 21.6 Å². The van der Waals surface area contributed by atoms with Crippen molar-refractivity contribution >= 4 is 28.4 Å². The third kappa shape index (κ3) is 1.93. The van der Waals surface area contributed by atoms with Gasteiger partial charge in [-0.2, -0.15) is 0 Å². The lowest BCUT2D eigenvalue weighted by atomic mass is 10.2. The van der Waals surface area contributed by atoms with Crippen LogP contribution in [-0.2, 0) is 0 Å². The molecule has 0 radical (unpaired) electrons. The largest absolute Gasteiger partial charge is 0.280 e. The van der Waals surface area contributed by atoms with Gasteiger partial charge in [-0.1, -0.05) is 29.8 Å². The molecule has 0 N–H and O–H groups in total. The Balaban J connectivity index is 2.22. The average molecular weight is 284 g/mol. The van der Waals surface area contributed by atoms with Crippen LogP contribution in [0.15, 0.2) is 48.5 Å².